The molecule has 0 saturated carbocycles. The quantitative estimate of drug-likeness (QED) is 0.181. The molecular weight excluding hydrogens is 607 g/mol. The first-order valence-corrected chi connectivity index (χ1v) is 17.2. The van der Waals surface area contributed by atoms with Gasteiger partial charge in [0.25, 0.3) is 0 Å². The van der Waals surface area contributed by atoms with Crippen LogP contribution in [0.4, 0.5) is 0 Å². The number of hydrogen-bond donors (Lipinski definition) is 0. The summed E-state index contributed by atoms with van der Waals surface area (Å²) < 4.78 is 2.34. The SMILES string of the molecule is c1ccc(-c2cc(C3(c4ccc5c6ccccc6n6c7ccccc7nc6c5c4)c4ccccc4-c4ccccc43)cc3ccccc23)nc1. The van der Waals surface area contributed by atoms with Crippen LogP contribution in [0, 0.1) is 0 Å². The molecule has 0 spiro atoms. The summed E-state index contributed by atoms with van der Waals surface area (Å²) in [4.78, 5) is 10.2. The van der Waals surface area contributed by atoms with Crippen LogP contribution in [-0.4, -0.2) is 14.4 Å². The Balaban J connectivity index is 1.32. The third-order valence-electron chi connectivity index (χ3n) is 10.9. The van der Waals surface area contributed by atoms with E-state index in [-0.39, 0.29) is 0 Å². The van der Waals surface area contributed by atoms with E-state index in [1.165, 1.54) is 54.9 Å². The molecule has 50 heavy (non-hydrogen) atoms. The molecule has 3 heteroatoms. The van der Waals surface area contributed by atoms with Gasteiger partial charge in [-0.15, -0.1) is 0 Å². The average Bonchev–Trinajstić information content (AvgIpc) is 3.73. The number of nitrogens with zero attached hydrogens (tertiary/aromatic N) is 3. The Morgan fingerprint density at radius 2 is 1.12 bits per heavy atom. The van der Waals surface area contributed by atoms with Crippen molar-refractivity contribution in [1.82, 2.24) is 14.4 Å². The van der Waals surface area contributed by atoms with Gasteiger partial charge < -0.3 is 0 Å². The minimum absolute atomic E-state index is 0.594. The largest absolute Gasteiger partial charge is 0.292 e. The third-order valence-corrected chi connectivity index (χ3v) is 10.9. The first-order valence-electron chi connectivity index (χ1n) is 17.2. The van der Waals surface area contributed by atoms with Crippen molar-refractivity contribution in [3.63, 3.8) is 0 Å². The van der Waals surface area contributed by atoms with Gasteiger partial charge in [-0.3, -0.25) is 9.38 Å². The molecule has 0 fully saturated rings. The Bertz CT molecular complexity index is 2950. The zero-order chi connectivity index (χ0) is 32.8. The van der Waals surface area contributed by atoms with Gasteiger partial charge in [0.2, 0.25) is 0 Å². The van der Waals surface area contributed by atoms with Crippen LogP contribution in [0.5, 0.6) is 0 Å². The Kier molecular flexibility index (Phi) is 5.59. The molecule has 7 aromatic carbocycles. The second kappa shape index (κ2) is 10.2. The van der Waals surface area contributed by atoms with Gasteiger partial charge >= 0.3 is 0 Å². The zero-order valence-electron chi connectivity index (χ0n) is 27.1. The third kappa shape index (κ3) is 3.58. The lowest BCUT2D eigenvalue weighted by Crippen LogP contribution is -2.28. The molecule has 3 nitrogen and oxygen atoms in total. The van der Waals surface area contributed by atoms with E-state index in [0.29, 0.717) is 0 Å². The Morgan fingerprint density at radius 3 is 1.92 bits per heavy atom. The molecule has 0 bridgehead atoms. The monoisotopic (exact) mass is 635 g/mol. The molecule has 0 atom stereocenters. The fourth-order valence-electron chi connectivity index (χ4n) is 8.83. The van der Waals surface area contributed by atoms with E-state index in [1.807, 2.05) is 12.3 Å². The van der Waals surface area contributed by atoms with Crippen LogP contribution in [-0.2, 0) is 5.41 Å². The van der Waals surface area contributed by atoms with Crippen LogP contribution >= 0.6 is 0 Å². The van der Waals surface area contributed by atoms with Crippen LogP contribution in [0.3, 0.4) is 0 Å². The van der Waals surface area contributed by atoms with E-state index in [1.54, 1.807) is 0 Å². The molecule has 10 aromatic rings. The lowest BCUT2D eigenvalue weighted by atomic mass is 9.66. The van der Waals surface area contributed by atoms with Gasteiger partial charge in [0.1, 0.15) is 5.65 Å². The lowest BCUT2D eigenvalue weighted by Gasteiger charge is -2.35. The number of rotatable bonds is 3. The molecule has 0 saturated heterocycles. The van der Waals surface area contributed by atoms with E-state index in [2.05, 4.69) is 168 Å². The number of hydrogen-bond acceptors (Lipinski definition) is 2. The number of para-hydroxylation sites is 3. The molecule has 3 aromatic heterocycles. The number of imidazole rings is 1. The van der Waals surface area contributed by atoms with Crippen molar-refractivity contribution < 1.29 is 0 Å². The molecule has 0 amide bonds. The van der Waals surface area contributed by atoms with Crippen molar-refractivity contribution in [3.8, 4) is 22.4 Å². The fourth-order valence-corrected chi connectivity index (χ4v) is 8.83. The summed E-state index contributed by atoms with van der Waals surface area (Å²) in [6.07, 6.45) is 1.89. The summed E-state index contributed by atoms with van der Waals surface area (Å²) in [7, 11) is 0. The van der Waals surface area contributed by atoms with Crippen LogP contribution in [0.15, 0.2) is 176 Å². The van der Waals surface area contributed by atoms with Crippen LogP contribution in [0.2, 0.25) is 0 Å². The number of fused-ring (bicyclic) bond motifs is 12. The van der Waals surface area contributed by atoms with Crippen molar-refractivity contribution >= 4 is 49.1 Å². The highest BCUT2D eigenvalue weighted by Gasteiger charge is 2.46. The maximum absolute atomic E-state index is 5.29. The normalized spacial score (nSPS) is 13.4. The summed E-state index contributed by atoms with van der Waals surface area (Å²) in [6, 6.07) is 61.9. The molecule has 0 N–H and O–H groups in total. The molecule has 232 valence electrons. The Hall–Kier alpha value is -6.58. The second-order valence-corrected chi connectivity index (χ2v) is 13.3. The standard InChI is InChI=1S/C47H29N3/c1-2-14-33-30(13-1)27-32(29-38(33)42-20-11-12-26-48-42)47(40-18-6-3-15-35(40)36-16-4-7-19-41(36)47)31-24-25-34-37-17-5-9-22-44(37)50-45-23-10-8-21-43(45)49-46(50)39(34)28-31/h1-29H. The predicted octanol–water partition coefficient (Wildman–Crippen LogP) is 11.4. The van der Waals surface area contributed by atoms with E-state index < -0.39 is 5.41 Å². The van der Waals surface area contributed by atoms with E-state index in [9.17, 15) is 0 Å². The van der Waals surface area contributed by atoms with Crippen LogP contribution in [0.25, 0.3) is 71.5 Å². The minimum atomic E-state index is -0.594. The van der Waals surface area contributed by atoms with Gasteiger partial charge in [-0.2, -0.15) is 0 Å². The topological polar surface area (TPSA) is 30.2 Å². The molecule has 3 heterocycles. The van der Waals surface area contributed by atoms with Gasteiger partial charge in [-0.25, -0.2) is 4.98 Å². The van der Waals surface area contributed by atoms with Crippen molar-refractivity contribution in [3.05, 3.63) is 198 Å². The smallest absolute Gasteiger partial charge is 0.146 e. The number of benzene rings is 7. The van der Waals surface area contributed by atoms with Crippen molar-refractivity contribution in [2.75, 3.05) is 0 Å². The van der Waals surface area contributed by atoms with E-state index >= 15 is 0 Å². The summed E-state index contributed by atoms with van der Waals surface area (Å²) >= 11 is 0. The minimum Gasteiger partial charge on any atom is -0.292 e. The average molecular weight is 636 g/mol. The summed E-state index contributed by atoms with van der Waals surface area (Å²) in [5.41, 5.74) is 13.3. The van der Waals surface area contributed by atoms with Crippen molar-refractivity contribution in [1.29, 1.82) is 0 Å². The van der Waals surface area contributed by atoms with Crippen LogP contribution in [0.1, 0.15) is 22.3 Å². The van der Waals surface area contributed by atoms with Crippen LogP contribution < -0.4 is 0 Å². The van der Waals surface area contributed by atoms with Gasteiger partial charge in [-0.05, 0) is 98.1 Å². The first kappa shape index (κ1) is 27.4. The number of aromatic nitrogens is 3. The molecule has 1 aliphatic carbocycles. The second-order valence-electron chi connectivity index (χ2n) is 13.3. The molecule has 1 aliphatic rings. The molecular formula is C47H29N3. The molecule has 0 aliphatic heterocycles. The Morgan fingerprint density at radius 1 is 0.440 bits per heavy atom. The first-order chi connectivity index (χ1) is 24.8. The van der Waals surface area contributed by atoms with Gasteiger partial charge in [-0.1, -0.05) is 121 Å². The van der Waals surface area contributed by atoms with E-state index in [4.69, 9.17) is 9.97 Å². The zero-order valence-corrected chi connectivity index (χ0v) is 27.1. The summed E-state index contributed by atoms with van der Waals surface area (Å²) in [5.74, 6) is 0. The summed E-state index contributed by atoms with van der Waals surface area (Å²) in [5, 5.41) is 5.95. The highest BCUT2D eigenvalue weighted by molar-refractivity contribution is 6.14. The maximum atomic E-state index is 5.29. The van der Waals surface area contributed by atoms with Gasteiger partial charge in [0.15, 0.2) is 0 Å². The molecule has 0 radical (unpaired) electrons. The fraction of sp³-hybridized carbons (Fsp3) is 0.0213. The van der Waals surface area contributed by atoms with Gasteiger partial charge in [0.05, 0.1) is 27.7 Å². The maximum Gasteiger partial charge on any atom is 0.146 e. The van der Waals surface area contributed by atoms with Crippen molar-refractivity contribution in [2.45, 2.75) is 5.41 Å². The van der Waals surface area contributed by atoms with E-state index in [0.717, 1.165) is 38.8 Å². The van der Waals surface area contributed by atoms with Crippen molar-refractivity contribution in [2.24, 2.45) is 0 Å². The highest BCUT2D eigenvalue weighted by atomic mass is 15.0. The van der Waals surface area contributed by atoms with Gasteiger partial charge in [0, 0.05) is 22.5 Å². The Labute approximate surface area is 288 Å². The number of pyridine rings is 2. The molecule has 11 rings (SSSR count). The lowest BCUT2D eigenvalue weighted by molar-refractivity contribution is 0.771. The summed E-state index contributed by atoms with van der Waals surface area (Å²) in [6.45, 7) is 0. The highest BCUT2D eigenvalue weighted by Crippen LogP contribution is 2.57. The molecule has 0 unspecified atom stereocenters. The predicted molar refractivity (Wildman–Crippen MR) is 206 cm³/mol.